The second kappa shape index (κ2) is 5.72. The molecule has 0 unspecified atom stereocenters. The van der Waals surface area contributed by atoms with Gasteiger partial charge in [0.15, 0.2) is 9.84 Å². The van der Waals surface area contributed by atoms with Crippen molar-refractivity contribution >= 4 is 21.4 Å². The molecule has 0 aliphatic rings. The minimum Gasteiger partial charge on any atom is -0.323 e. The topological polar surface area (TPSA) is 63.2 Å². The first kappa shape index (κ1) is 14.3. The number of sulfone groups is 1. The molecular formula is C11H11F2NO3S. The summed E-state index contributed by atoms with van der Waals surface area (Å²) in [5.74, 6) is -3.67. The van der Waals surface area contributed by atoms with Gasteiger partial charge in [-0.15, -0.1) is 6.58 Å². The first-order chi connectivity index (χ1) is 8.34. The maximum atomic E-state index is 13.2. The van der Waals surface area contributed by atoms with Gasteiger partial charge in [0.25, 0.3) is 0 Å². The monoisotopic (exact) mass is 275 g/mol. The van der Waals surface area contributed by atoms with Gasteiger partial charge >= 0.3 is 0 Å². The summed E-state index contributed by atoms with van der Waals surface area (Å²) < 4.78 is 48.5. The molecule has 0 aliphatic carbocycles. The van der Waals surface area contributed by atoms with Crippen LogP contribution in [0.5, 0.6) is 0 Å². The maximum Gasteiger partial charge on any atom is 0.239 e. The number of anilines is 1. The quantitative estimate of drug-likeness (QED) is 0.828. The van der Waals surface area contributed by atoms with Crippen molar-refractivity contribution in [2.45, 2.75) is 0 Å². The molecule has 7 heteroatoms. The van der Waals surface area contributed by atoms with Crippen LogP contribution in [-0.4, -0.2) is 25.8 Å². The molecule has 0 bridgehead atoms. The Kier molecular flexibility index (Phi) is 4.55. The van der Waals surface area contributed by atoms with E-state index >= 15 is 0 Å². The molecule has 0 saturated heterocycles. The Balaban J connectivity index is 2.76. The minimum absolute atomic E-state index is 0.355. The van der Waals surface area contributed by atoms with Crippen LogP contribution in [0.2, 0.25) is 0 Å². The van der Waals surface area contributed by atoms with Crippen LogP contribution in [0.4, 0.5) is 14.5 Å². The van der Waals surface area contributed by atoms with Crippen LogP contribution in [-0.2, 0) is 14.6 Å². The van der Waals surface area contributed by atoms with Gasteiger partial charge in [-0.1, -0.05) is 6.08 Å². The Hall–Kier alpha value is -1.76. The minimum atomic E-state index is -3.62. The van der Waals surface area contributed by atoms with Crippen molar-refractivity contribution in [1.82, 2.24) is 0 Å². The molecular weight excluding hydrogens is 264 g/mol. The number of hydrogen-bond donors (Lipinski definition) is 1. The summed E-state index contributed by atoms with van der Waals surface area (Å²) in [6.07, 6.45) is 1.14. The summed E-state index contributed by atoms with van der Waals surface area (Å²) in [5.41, 5.74) is -0.395. The van der Waals surface area contributed by atoms with Crippen molar-refractivity contribution in [1.29, 1.82) is 0 Å². The fourth-order valence-electron chi connectivity index (χ4n) is 1.22. The molecule has 0 heterocycles. The number of amides is 1. The maximum absolute atomic E-state index is 13.2. The van der Waals surface area contributed by atoms with E-state index in [1.807, 2.05) is 5.32 Å². The highest BCUT2D eigenvalue weighted by molar-refractivity contribution is 7.92. The third-order valence-electron chi connectivity index (χ3n) is 1.93. The summed E-state index contributed by atoms with van der Waals surface area (Å²) in [4.78, 5) is 11.4. The van der Waals surface area contributed by atoms with Gasteiger partial charge in [0.05, 0.1) is 11.4 Å². The van der Waals surface area contributed by atoms with Crippen molar-refractivity contribution in [3.63, 3.8) is 0 Å². The van der Waals surface area contributed by atoms with Gasteiger partial charge in [-0.3, -0.25) is 4.79 Å². The second-order valence-corrected chi connectivity index (χ2v) is 5.62. The van der Waals surface area contributed by atoms with Gasteiger partial charge in [0.2, 0.25) is 5.91 Å². The van der Waals surface area contributed by atoms with E-state index in [0.29, 0.717) is 0 Å². The van der Waals surface area contributed by atoms with E-state index in [1.165, 1.54) is 0 Å². The summed E-state index contributed by atoms with van der Waals surface area (Å²) in [6.45, 7) is 3.24. The molecule has 1 rings (SSSR count). The lowest BCUT2D eigenvalue weighted by atomic mass is 10.3. The zero-order chi connectivity index (χ0) is 13.8. The van der Waals surface area contributed by atoms with Crippen LogP contribution in [0.1, 0.15) is 0 Å². The Morgan fingerprint density at radius 3 is 2.67 bits per heavy atom. The van der Waals surface area contributed by atoms with Crippen LogP contribution in [0.15, 0.2) is 30.9 Å². The molecule has 18 heavy (non-hydrogen) atoms. The Bertz CT molecular complexity index is 570. The van der Waals surface area contributed by atoms with Gasteiger partial charge in [-0.05, 0) is 12.1 Å². The highest BCUT2D eigenvalue weighted by Crippen LogP contribution is 2.15. The number of nitrogens with one attached hydrogen (secondary N) is 1. The number of carbonyl (C=O) groups excluding carboxylic acids is 1. The number of benzene rings is 1. The molecule has 1 aromatic carbocycles. The summed E-state index contributed by atoms with van der Waals surface area (Å²) in [5, 5.41) is 2.00. The van der Waals surface area contributed by atoms with Gasteiger partial charge in [-0.25, -0.2) is 17.2 Å². The van der Waals surface area contributed by atoms with Gasteiger partial charge in [0.1, 0.15) is 17.4 Å². The molecule has 98 valence electrons. The van der Waals surface area contributed by atoms with E-state index in [-0.39, 0.29) is 5.75 Å². The molecule has 0 aromatic heterocycles. The van der Waals surface area contributed by atoms with E-state index in [1.54, 1.807) is 0 Å². The van der Waals surface area contributed by atoms with E-state index in [4.69, 9.17) is 0 Å². The lowest BCUT2D eigenvalue weighted by Gasteiger charge is -2.06. The predicted octanol–water partition coefficient (Wildman–Crippen LogP) is 1.50. The standard InChI is InChI=1S/C11H11F2NO3S/c1-2-5-18(16,17)7-11(15)14-10-6-8(12)3-4-9(10)13/h2-4,6H,1,5,7H2,(H,14,15). The number of halogens is 2. The van der Waals surface area contributed by atoms with Crippen molar-refractivity contribution in [2.24, 2.45) is 0 Å². The third kappa shape index (κ3) is 4.25. The number of rotatable bonds is 5. The van der Waals surface area contributed by atoms with E-state index < -0.39 is 38.8 Å². The summed E-state index contributed by atoms with van der Waals surface area (Å²) >= 11 is 0. The average molecular weight is 275 g/mol. The van der Waals surface area contributed by atoms with Crippen molar-refractivity contribution in [2.75, 3.05) is 16.8 Å². The molecule has 4 nitrogen and oxygen atoms in total. The number of hydrogen-bond acceptors (Lipinski definition) is 3. The first-order valence-electron chi connectivity index (χ1n) is 4.90. The number of carbonyl (C=O) groups is 1. The zero-order valence-corrected chi connectivity index (χ0v) is 10.1. The summed E-state index contributed by atoms with van der Waals surface area (Å²) in [6, 6.07) is 2.50. The van der Waals surface area contributed by atoms with E-state index in [9.17, 15) is 22.0 Å². The molecule has 1 aromatic rings. The fraction of sp³-hybridized carbons (Fsp3) is 0.182. The molecule has 0 saturated carbocycles. The first-order valence-corrected chi connectivity index (χ1v) is 6.72. The Labute approximate surface area is 103 Å². The molecule has 1 amide bonds. The van der Waals surface area contributed by atoms with Gasteiger partial charge < -0.3 is 5.32 Å². The molecule has 0 fully saturated rings. The summed E-state index contributed by atoms with van der Waals surface area (Å²) in [7, 11) is -3.62. The molecule has 0 atom stereocenters. The fourth-order valence-corrected chi connectivity index (χ4v) is 2.17. The van der Waals surface area contributed by atoms with Crippen LogP contribution >= 0.6 is 0 Å². The molecule has 0 radical (unpaired) electrons. The zero-order valence-electron chi connectivity index (χ0n) is 9.32. The SMILES string of the molecule is C=CCS(=O)(=O)CC(=O)Nc1cc(F)ccc1F. The van der Waals surface area contributed by atoms with Gasteiger partial charge in [0, 0.05) is 6.07 Å². The van der Waals surface area contributed by atoms with Crippen LogP contribution in [0.3, 0.4) is 0 Å². The van der Waals surface area contributed by atoms with Crippen molar-refractivity contribution in [3.8, 4) is 0 Å². The Morgan fingerprint density at radius 1 is 1.39 bits per heavy atom. The highest BCUT2D eigenvalue weighted by Gasteiger charge is 2.16. The smallest absolute Gasteiger partial charge is 0.239 e. The lowest BCUT2D eigenvalue weighted by molar-refractivity contribution is -0.113. The third-order valence-corrected chi connectivity index (χ3v) is 3.37. The largest absolute Gasteiger partial charge is 0.323 e. The molecule has 0 spiro atoms. The van der Waals surface area contributed by atoms with Crippen LogP contribution < -0.4 is 5.32 Å². The normalized spacial score (nSPS) is 11.0. The van der Waals surface area contributed by atoms with E-state index in [0.717, 1.165) is 24.3 Å². The Morgan fingerprint density at radius 2 is 2.06 bits per heavy atom. The van der Waals surface area contributed by atoms with Crippen molar-refractivity contribution < 1.29 is 22.0 Å². The van der Waals surface area contributed by atoms with Crippen LogP contribution in [0, 0.1) is 11.6 Å². The van der Waals surface area contributed by atoms with Gasteiger partial charge in [-0.2, -0.15) is 0 Å². The lowest BCUT2D eigenvalue weighted by Crippen LogP contribution is -2.24. The predicted molar refractivity (Wildman–Crippen MR) is 63.8 cm³/mol. The average Bonchev–Trinajstić information content (AvgIpc) is 2.22. The van der Waals surface area contributed by atoms with E-state index in [2.05, 4.69) is 6.58 Å². The molecule has 0 aliphatic heterocycles. The second-order valence-electron chi connectivity index (χ2n) is 3.52. The highest BCUT2D eigenvalue weighted by atomic mass is 32.2. The van der Waals surface area contributed by atoms with Crippen molar-refractivity contribution in [3.05, 3.63) is 42.5 Å². The van der Waals surface area contributed by atoms with Crippen LogP contribution in [0.25, 0.3) is 0 Å². The molecule has 1 N–H and O–H groups in total.